The summed E-state index contributed by atoms with van der Waals surface area (Å²) >= 11 is 0. The van der Waals surface area contributed by atoms with Gasteiger partial charge in [-0.2, -0.15) is 0 Å². The van der Waals surface area contributed by atoms with Crippen LogP contribution in [0, 0.1) is 0 Å². The number of nitrogens with zero attached hydrogens (tertiary/aromatic N) is 2. The Morgan fingerprint density at radius 1 is 1.15 bits per heavy atom. The van der Waals surface area contributed by atoms with Crippen LogP contribution in [0.4, 0.5) is 13.6 Å². The number of carbonyl (C=O) groups is 2. The molecular formula is C13H21F2N3O2. The van der Waals surface area contributed by atoms with Crippen molar-refractivity contribution in [3.05, 3.63) is 0 Å². The van der Waals surface area contributed by atoms with E-state index in [0.29, 0.717) is 45.3 Å². The molecule has 0 aromatic rings. The summed E-state index contributed by atoms with van der Waals surface area (Å²) in [5.74, 6) is 0.0343. The normalized spacial score (nSPS) is 24.3. The SMILES string of the molecule is CC(=O)N1CCC(NC(=O)N2CCC[C@H]2C(F)F)CC1. The summed E-state index contributed by atoms with van der Waals surface area (Å²) in [4.78, 5) is 26.2. The Kier molecular flexibility index (Phi) is 4.77. The number of rotatable bonds is 2. The Bertz CT molecular complexity index is 371. The molecule has 0 aliphatic carbocycles. The molecule has 114 valence electrons. The van der Waals surface area contributed by atoms with E-state index in [4.69, 9.17) is 0 Å². The van der Waals surface area contributed by atoms with E-state index < -0.39 is 18.5 Å². The highest BCUT2D eigenvalue weighted by Gasteiger charge is 2.36. The molecule has 0 radical (unpaired) electrons. The van der Waals surface area contributed by atoms with Gasteiger partial charge in [-0.3, -0.25) is 4.79 Å². The van der Waals surface area contributed by atoms with Gasteiger partial charge in [0.15, 0.2) is 0 Å². The summed E-state index contributed by atoms with van der Waals surface area (Å²) in [7, 11) is 0. The zero-order valence-corrected chi connectivity index (χ0v) is 11.6. The Labute approximate surface area is 117 Å². The number of carbonyl (C=O) groups excluding carboxylic acids is 2. The van der Waals surface area contributed by atoms with Crippen LogP contribution in [-0.2, 0) is 4.79 Å². The number of urea groups is 1. The van der Waals surface area contributed by atoms with Crippen molar-refractivity contribution < 1.29 is 18.4 Å². The van der Waals surface area contributed by atoms with Gasteiger partial charge in [-0.1, -0.05) is 0 Å². The predicted molar refractivity (Wildman–Crippen MR) is 69.5 cm³/mol. The molecule has 7 heteroatoms. The molecule has 5 nitrogen and oxygen atoms in total. The van der Waals surface area contributed by atoms with Crippen LogP contribution in [0.3, 0.4) is 0 Å². The maximum atomic E-state index is 12.8. The van der Waals surface area contributed by atoms with Crippen LogP contribution in [-0.4, -0.2) is 59.9 Å². The fourth-order valence-corrected chi connectivity index (χ4v) is 2.90. The van der Waals surface area contributed by atoms with Crippen molar-refractivity contribution in [1.29, 1.82) is 0 Å². The van der Waals surface area contributed by atoms with Crippen molar-refractivity contribution in [1.82, 2.24) is 15.1 Å². The molecule has 20 heavy (non-hydrogen) atoms. The molecule has 0 saturated carbocycles. The molecule has 1 N–H and O–H groups in total. The maximum Gasteiger partial charge on any atom is 0.318 e. The van der Waals surface area contributed by atoms with E-state index >= 15 is 0 Å². The van der Waals surface area contributed by atoms with Crippen molar-refractivity contribution in [3.8, 4) is 0 Å². The molecule has 2 aliphatic heterocycles. The second kappa shape index (κ2) is 6.37. The van der Waals surface area contributed by atoms with Crippen molar-refractivity contribution >= 4 is 11.9 Å². The van der Waals surface area contributed by atoms with E-state index in [1.165, 1.54) is 11.8 Å². The minimum absolute atomic E-state index is 0.0305. The van der Waals surface area contributed by atoms with E-state index in [1.54, 1.807) is 4.90 Å². The van der Waals surface area contributed by atoms with Gasteiger partial charge in [0, 0.05) is 32.6 Å². The monoisotopic (exact) mass is 289 g/mol. The number of amides is 3. The lowest BCUT2D eigenvalue weighted by molar-refractivity contribution is -0.129. The van der Waals surface area contributed by atoms with Gasteiger partial charge >= 0.3 is 6.03 Å². The first kappa shape index (κ1) is 15.0. The first-order chi connectivity index (χ1) is 9.49. The molecule has 2 aliphatic rings. The number of halogens is 2. The lowest BCUT2D eigenvalue weighted by atomic mass is 10.1. The van der Waals surface area contributed by atoms with E-state index in [1.807, 2.05) is 0 Å². The molecule has 0 bridgehead atoms. The van der Waals surface area contributed by atoms with E-state index in [0.717, 1.165) is 0 Å². The molecular weight excluding hydrogens is 268 g/mol. The number of alkyl halides is 2. The van der Waals surface area contributed by atoms with Crippen LogP contribution in [0.1, 0.15) is 32.6 Å². The molecule has 0 aromatic carbocycles. The smallest absolute Gasteiger partial charge is 0.318 e. The molecule has 0 unspecified atom stereocenters. The third-order valence-corrected chi connectivity index (χ3v) is 4.12. The van der Waals surface area contributed by atoms with Crippen LogP contribution < -0.4 is 5.32 Å². The van der Waals surface area contributed by atoms with Gasteiger partial charge in [0.1, 0.15) is 0 Å². The van der Waals surface area contributed by atoms with Crippen molar-refractivity contribution in [2.75, 3.05) is 19.6 Å². The highest BCUT2D eigenvalue weighted by molar-refractivity contribution is 5.75. The van der Waals surface area contributed by atoms with Crippen molar-refractivity contribution in [2.45, 2.75) is 51.1 Å². The van der Waals surface area contributed by atoms with Crippen LogP contribution in [0.2, 0.25) is 0 Å². The summed E-state index contributed by atoms with van der Waals surface area (Å²) in [6, 6.07) is -1.38. The Hall–Kier alpha value is -1.40. The standard InChI is InChI=1S/C13H21F2N3O2/c1-9(19)17-7-4-10(5-8-17)16-13(20)18-6-2-3-11(18)12(14)15/h10-12H,2-8H2,1H3,(H,16,20)/t11-/m0/s1. The number of hydrogen-bond acceptors (Lipinski definition) is 2. The van der Waals surface area contributed by atoms with Crippen molar-refractivity contribution in [2.24, 2.45) is 0 Å². The van der Waals surface area contributed by atoms with E-state index in [9.17, 15) is 18.4 Å². The predicted octanol–water partition coefficient (Wildman–Crippen LogP) is 1.44. The Balaban J connectivity index is 1.82. The molecule has 3 amide bonds. The second-order valence-electron chi connectivity index (χ2n) is 5.47. The molecule has 2 rings (SSSR count). The van der Waals surface area contributed by atoms with Gasteiger partial charge < -0.3 is 15.1 Å². The number of hydrogen-bond donors (Lipinski definition) is 1. The van der Waals surface area contributed by atoms with Gasteiger partial charge in [-0.25, -0.2) is 13.6 Å². The summed E-state index contributed by atoms with van der Waals surface area (Å²) in [5, 5.41) is 2.82. The number of nitrogens with one attached hydrogen (secondary N) is 1. The van der Waals surface area contributed by atoms with Gasteiger partial charge in [-0.05, 0) is 25.7 Å². The van der Waals surface area contributed by atoms with Crippen molar-refractivity contribution in [3.63, 3.8) is 0 Å². The molecule has 2 heterocycles. The summed E-state index contributed by atoms with van der Waals surface area (Å²) < 4.78 is 25.6. The quantitative estimate of drug-likeness (QED) is 0.836. The largest absolute Gasteiger partial charge is 0.343 e. The topological polar surface area (TPSA) is 52.7 Å². The zero-order chi connectivity index (χ0) is 14.7. The van der Waals surface area contributed by atoms with Gasteiger partial charge in [-0.15, -0.1) is 0 Å². The second-order valence-corrected chi connectivity index (χ2v) is 5.47. The molecule has 1 atom stereocenters. The summed E-state index contributed by atoms with van der Waals surface area (Å²) in [5.41, 5.74) is 0. The highest BCUT2D eigenvalue weighted by Crippen LogP contribution is 2.23. The highest BCUT2D eigenvalue weighted by atomic mass is 19.3. The molecule has 2 saturated heterocycles. The first-order valence-electron chi connectivity index (χ1n) is 7.10. The fourth-order valence-electron chi connectivity index (χ4n) is 2.90. The van der Waals surface area contributed by atoms with Crippen LogP contribution in [0.5, 0.6) is 0 Å². The molecule has 0 spiro atoms. The zero-order valence-electron chi connectivity index (χ0n) is 11.6. The lowest BCUT2D eigenvalue weighted by Gasteiger charge is -2.33. The average Bonchev–Trinajstić information content (AvgIpc) is 2.88. The number of likely N-dealkylation sites (tertiary alicyclic amines) is 2. The van der Waals surface area contributed by atoms with Gasteiger partial charge in [0.2, 0.25) is 5.91 Å². The minimum atomic E-state index is -2.48. The van der Waals surface area contributed by atoms with Crippen LogP contribution in [0.15, 0.2) is 0 Å². The maximum absolute atomic E-state index is 12.8. The van der Waals surface area contributed by atoms with Crippen LogP contribution in [0.25, 0.3) is 0 Å². The lowest BCUT2D eigenvalue weighted by Crippen LogP contribution is -2.52. The Morgan fingerprint density at radius 2 is 1.80 bits per heavy atom. The average molecular weight is 289 g/mol. The summed E-state index contributed by atoms with van der Waals surface area (Å²) in [6.07, 6.45) is -0.126. The van der Waals surface area contributed by atoms with Crippen LogP contribution >= 0.6 is 0 Å². The van der Waals surface area contributed by atoms with E-state index in [2.05, 4.69) is 5.32 Å². The first-order valence-corrected chi connectivity index (χ1v) is 7.10. The minimum Gasteiger partial charge on any atom is -0.343 e. The van der Waals surface area contributed by atoms with Gasteiger partial charge in [0.25, 0.3) is 6.43 Å². The van der Waals surface area contributed by atoms with Gasteiger partial charge in [0.05, 0.1) is 6.04 Å². The summed E-state index contributed by atoms with van der Waals surface area (Å²) in [6.45, 7) is 3.14. The Morgan fingerprint density at radius 3 is 2.35 bits per heavy atom. The molecule has 2 fully saturated rings. The number of piperidine rings is 1. The molecule has 0 aromatic heterocycles. The van der Waals surface area contributed by atoms with E-state index in [-0.39, 0.29) is 11.9 Å². The fraction of sp³-hybridized carbons (Fsp3) is 0.846. The third-order valence-electron chi connectivity index (χ3n) is 4.12. The third kappa shape index (κ3) is 3.37.